The Hall–Kier alpha value is -1.57. The lowest BCUT2D eigenvalue weighted by molar-refractivity contribution is -0.138. The number of rotatable bonds is 4. The number of carbonyl (C=O) groups excluding carboxylic acids is 1. The predicted octanol–water partition coefficient (Wildman–Crippen LogP) is 3.27. The van der Waals surface area contributed by atoms with Crippen LogP contribution in [0.25, 0.3) is 0 Å². The van der Waals surface area contributed by atoms with Crippen molar-refractivity contribution in [3.8, 4) is 0 Å². The molecule has 0 unspecified atom stereocenters. The van der Waals surface area contributed by atoms with E-state index in [1.165, 1.54) is 11.1 Å². The fourth-order valence-electron chi connectivity index (χ4n) is 2.31. The van der Waals surface area contributed by atoms with Crippen LogP contribution in [0, 0.1) is 0 Å². The molecule has 0 aromatic heterocycles. The Balaban J connectivity index is 2.13. The summed E-state index contributed by atoms with van der Waals surface area (Å²) in [5.74, 6) is -0.115. The monoisotopic (exact) mass is 230 g/mol. The van der Waals surface area contributed by atoms with Crippen molar-refractivity contribution in [2.24, 2.45) is 0 Å². The standard InChI is InChI=1S/C15H18O2/c1-2-17-15(16)14-10-6-9-13(14)11-12-7-4-3-5-8-12/h3-5,7-8H,2,6,9-11H2,1H3. The van der Waals surface area contributed by atoms with Gasteiger partial charge in [0.15, 0.2) is 0 Å². The van der Waals surface area contributed by atoms with E-state index in [2.05, 4.69) is 12.1 Å². The largest absolute Gasteiger partial charge is 0.463 e. The Bertz CT molecular complexity index is 418. The van der Waals surface area contributed by atoms with E-state index in [0.29, 0.717) is 6.61 Å². The molecule has 2 rings (SSSR count). The second kappa shape index (κ2) is 5.67. The van der Waals surface area contributed by atoms with Gasteiger partial charge >= 0.3 is 5.97 Å². The SMILES string of the molecule is CCOC(=O)C1=C(Cc2ccccc2)CCC1. The average Bonchev–Trinajstić information content (AvgIpc) is 2.79. The minimum absolute atomic E-state index is 0.115. The molecule has 0 radical (unpaired) electrons. The topological polar surface area (TPSA) is 26.3 Å². The smallest absolute Gasteiger partial charge is 0.333 e. The average molecular weight is 230 g/mol. The zero-order valence-electron chi connectivity index (χ0n) is 10.2. The summed E-state index contributed by atoms with van der Waals surface area (Å²) in [5, 5.41) is 0. The van der Waals surface area contributed by atoms with Gasteiger partial charge in [0, 0.05) is 5.57 Å². The molecule has 1 aromatic carbocycles. The Labute approximate surface area is 102 Å². The first kappa shape index (κ1) is 11.9. The van der Waals surface area contributed by atoms with Gasteiger partial charge in [0.05, 0.1) is 6.61 Å². The van der Waals surface area contributed by atoms with E-state index in [1.54, 1.807) is 0 Å². The van der Waals surface area contributed by atoms with Crippen LogP contribution in [-0.4, -0.2) is 12.6 Å². The van der Waals surface area contributed by atoms with Crippen LogP contribution >= 0.6 is 0 Å². The van der Waals surface area contributed by atoms with Crippen LogP contribution in [0.15, 0.2) is 41.5 Å². The molecule has 17 heavy (non-hydrogen) atoms. The summed E-state index contributed by atoms with van der Waals surface area (Å²) in [6.07, 6.45) is 3.87. The van der Waals surface area contributed by atoms with Crippen LogP contribution < -0.4 is 0 Å². The van der Waals surface area contributed by atoms with Gasteiger partial charge in [0.25, 0.3) is 0 Å². The first-order valence-electron chi connectivity index (χ1n) is 6.23. The molecular weight excluding hydrogens is 212 g/mol. The van der Waals surface area contributed by atoms with Gasteiger partial charge in [-0.05, 0) is 38.2 Å². The summed E-state index contributed by atoms with van der Waals surface area (Å²) >= 11 is 0. The van der Waals surface area contributed by atoms with Crippen molar-refractivity contribution in [3.63, 3.8) is 0 Å². The first-order valence-corrected chi connectivity index (χ1v) is 6.23. The molecule has 0 N–H and O–H groups in total. The van der Waals surface area contributed by atoms with E-state index in [1.807, 2.05) is 25.1 Å². The summed E-state index contributed by atoms with van der Waals surface area (Å²) < 4.78 is 5.10. The fourth-order valence-corrected chi connectivity index (χ4v) is 2.31. The van der Waals surface area contributed by atoms with Crippen LogP contribution in [-0.2, 0) is 16.0 Å². The third kappa shape index (κ3) is 2.96. The van der Waals surface area contributed by atoms with Gasteiger partial charge < -0.3 is 4.74 Å². The van der Waals surface area contributed by atoms with E-state index < -0.39 is 0 Å². The molecule has 1 aromatic rings. The van der Waals surface area contributed by atoms with Crippen LogP contribution in [0.1, 0.15) is 31.7 Å². The third-order valence-corrected chi connectivity index (χ3v) is 3.11. The minimum atomic E-state index is -0.115. The predicted molar refractivity (Wildman–Crippen MR) is 67.7 cm³/mol. The molecule has 0 saturated heterocycles. The third-order valence-electron chi connectivity index (χ3n) is 3.11. The molecule has 0 spiro atoms. The fraction of sp³-hybridized carbons (Fsp3) is 0.400. The quantitative estimate of drug-likeness (QED) is 0.742. The number of hydrogen-bond donors (Lipinski definition) is 0. The van der Waals surface area contributed by atoms with Gasteiger partial charge in [0.2, 0.25) is 0 Å². The lowest BCUT2D eigenvalue weighted by Crippen LogP contribution is -2.08. The Kier molecular flexibility index (Phi) is 3.97. The first-order chi connectivity index (χ1) is 8.31. The number of esters is 1. The lowest BCUT2D eigenvalue weighted by Gasteiger charge is -2.07. The number of hydrogen-bond acceptors (Lipinski definition) is 2. The van der Waals surface area contributed by atoms with Gasteiger partial charge in [-0.1, -0.05) is 35.9 Å². The van der Waals surface area contributed by atoms with E-state index in [0.717, 1.165) is 31.3 Å². The van der Waals surface area contributed by atoms with Crippen LogP contribution in [0.2, 0.25) is 0 Å². The van der Waals surface area contributed by atoms with Crippen molar-refractivity contribution in [2.75, 3.05) is 6.61 Å². The Morgan fingerprint density at radius 1 is 1.24 bits per heavy atom. The molecule has 1 aliphatic carbocycles. The highest BCUT2D eigenvalue weighted by Gasteiger charge is 2.21. The molecule has 90 valence electrons. The van der Waals surface area contributed by atoms with Crippen LogP contribution in [0.4, 0.5) is 0 Å². The maximum atomic E-state index is 11.8. The van der Waals surface area contributed by atoms with E-state index in [4.69, 9.17) is 4.74 Å². The molecule has 0 bridgehead atoms. The second-order valence-corrected chi connectivity index (χ2v) is 4.32. The molecule has 0 aliphatic heterocycles. The van der Waals surface area contributed by atoms with Crippen molar-refractivity contribution in [1.82, 2.24) is 0 Å². The summed E-state index contributed by atoms with van der Waals surface area (Å²) in [7, 11) is 0. The molecule has 2 heteroatoms. The second-order valence-electron chi connectivity index (χ2n) is 4.32. The Morgan fingerprint density at radius 2 is 2.00 bits per heavy atom. The molecule has 0 heterocycles. The highest BCUT2D eigenvalue weighted by Crippen LogP contribution is 2.29. The van der Waals surface area contributed by atoms with Gasteiger partial charge in [-0.25, -0.2) is 4.79 Å². The number of ether oxygens (including phenoxy) is 1. The number of benzene rings is 1. The number of allylic oxidation sites excluding steroid dienone is 1. The summed E-state index contributed by atoms with van der Waals surface area (Å²) in [4.78, 5) is 11.8. The zero-order chi connectivity index (χ0) is 12.1. The molecule has 0 amide bonds. The van der Waals surface area contributed by atoms with E-state index in [9.17, 15) is 4.79 Å². The molecule has 1 aliphatic rings. The maximum absolute atomic E-state index is 11.8. The van der Waals surface area contributed by atoms with Crippen molar-refractivity contribution >= 4 is 5.97 Å². The highest BCUT2D eigenvalue weighted by atomic mass is 16.5. The normalized spacial score (nSPS) is 15.1. The van der Waals surface area contributed by atoms with E-state index in [-0.39, 0.29) is 5.97 Å². The maximum Gasteiger partial charge on any atom is 0.333 e. The van der Waals surface area contributed by atoms with E-state index >= 15 is 0 Å². The van der Waals surface area contributed by atoms with Gasteiger partial charge in [-0.15, -0.1) is 0 Å². The molecule has 0 saturated carbocycles. The Morgan fingerprint density at radius 3 is 2.71 bits per heavy atom. The van der Waals surface area contributed by atoms with Gasteiger partial charge in [-0.3, -0.25) is 0 Å². The van der Waals surface area contributed by atoms with Gasteiger partial charge in [0.1, 0.15) is 0 Å². The van der Waals surface area contributed by atoms with Crippen LogP contribution in [0.5, 0.6) is 0 Å². The minimum Gasteiger partial charge on any atom is -0.463 e. The van der Waals surface area contributed by atoms with Crippen molar-refractivity contribution < 1.29 is 9.53 Å². The molecule has 0 atom stereocenters. The summed E-state index contributed by atoms with van der Waals surface area (Å²) in [6, 6.07) is 10.3. The zero-order valence-corrected chi connectivity index (χ0v) is 10.2. The van der Waals surface area contributed by atoms with Crippen molar-refractivity contribution in [1.29, 1.82) is 0 Å². The lowest BCUT2D eigenvalue weighted by atomic mass is 10.0. The van der Waals surface area contributed by atoms with Crippen LogP contribution in [0.3, 0.4) is 0 Å². The van der Waals surface area contributed by atoms with Crippen molar-refractivity contribution in [3.05, 3.63) is 47.0 Å². The molecule has 2 nitrogen and oxygen atoms in total. The molecular formula is C15H18O2. The van der Waals surface area contributed by atoms with Gasteiger partial charge in [-0.2, -0.15) is 0 Å². The summed E-state index contributed by atoms with van der Waals surface area (Å²) in [5.41, 5.74) is 3.44. The highest BCUT2D eigenvalue weighted by molar-refractivity contribution is 5.90. The summed E-state index contributed by atoms with van der Waals surface area (Å²) in [6.45, 7) is 2.31. The number of carbonyl (C=O) groups is 1. The molecule has 0 fully saturated rings. The van der Waals surface area contributed by atoms with Crippen molar-refractivity contribution in [2.45, 2.75) is 32.6 Å².